The second-order valence-corrected chi connectivity index (χ2v) is 10.2. The van der Waals surface area contributed by atoms with E-state index in [1.54, 1.807) is 0 Å². The Hall–Kier alpha value is -1.40. The van der Waals surface area contributed by atoms with E-state index < -0.39 is 10.0 Å². The van der Waals surface area contributed by atoms with Crippen molar-refractivity contribution in [1.29, 1.82) is 0 Å². The number of rotatable bonds is 5. The van der Waals surface area contributed by atoms with E-state index in [0.717, 1.165) is 30.7 Å². The number of hydrogen-bond donors (Lipinski definition) is 1. The number of nitrogens with one attached hydrogen (secondary N) is 1. The van der Waals surface area contributed by atoms with Crippen LogP contribution in [0.1, 0.15) is 44.1 Å². The zero-order chi connectivity index (χ0) is 18.1. The van der Waals surface area contributed by atoms with Gasteiger partial charge in [-0.1, -0.05) is 36.8 Å². The van der Waals surface area contributed by atoms with Crippen LogP contribution in [-0.2, 0) is 20.6 Å². The minimum atomic E-state index is -3.39. The fourth-order valence-electron chi connectivity index (χ4n) is 5.01. The Balaban J connectivity index is 1.36. The maximum absolute atomic E-state index is 12.8. The third-order valence-electron chi connectivity index (χ3n) is 6.41. The lowest BCUT2D eigenvalue weighted by Gasteiger charge is -2.33. The molecule has 1 aliphatic heterocycles. The summed E-state index contributed by atoms with van der Waals surface area (Å²) in [4.78, 5) is 12.7. The largest absolute Gasteiger partial charge is 0.353 e. The topological polar surface area (TPSA) is 66.5 Å². The van der Waals surface area contributed by atoms with Crippen LogP contribution >= 0.6 is 0 Å². The van der Waals surface area contributed by atoms with Gasteiger partial charge in [-0.15, -0.1) is 0 Å². The molecule has 2 aliphatic carbocycles. The highest BCUT2D eigenvalue weighted by atomic mass is 32.2. The average molecular weight is 377 g/mol. The molecular weight excluding hydrogens is 348 g/mol. The number of benzene rings is 1. The number of fused-ring (bicyclic) bond motifs is 2. The lowest BCUT2D eigenvalue weighted by atomic mass is 9.93. The van der Waals surface area contributed by atoms with Gasteiger partial charge in [0.25, 0.3) is 0 Å². The quantitative estimate of drug-likeness (QED) is 0.859. The summed E-state index contributed by atoms with van der Waals surface area (Å²) in [5, 5.41) is 3.24. The molecule has 4 rings (SSSR count). The van der Waals surface area contributed by atoms with Gasteiger partial charge in [0.1, 0.15) is 0 Å². The van der Waals surface area contributed by atoms with E-state index in [1.807, 2.05) is 30.3 Å². The van der Waals surface area contributed by atoms with Crippen LogP contribution in [0.15, 0.2) is 30.3 Å². The molecule has 142 valence electrons. The zero-order valence-electron chi connectivity index (χ0n) is 15.1. The van der Waals surface area contributed by atoms with Crippen molar-refractivity contribution >= 4 is 15.9 Å². The van der Waals surface area contributed by atoms with Crippen LogP contribution < -0.4 is 5.32 Å². The van der Waals surface area contributed by atoms with Gasteiger partial charge >= 0.3 is 0 Å². The molecule has 3 aliphatic rings. The van der Waals surface area contributed by atoms with Crippen molar-refractivity contribution in [3.8, 4) is 0 Å². The van der Waals surface area contributed by atoms with Gasteiger partial charge < -0.3 is 5.32 Å². The molecule has 26 heavy (non-hydrogen) atoms. The van der Waals surface area contributed by atoms with Gasteiger partial charge in [-0.05, 0) is 49.5 Å². The van der Waals surface area contributed by atoms with Crippen LogP contribution in [0.2, 0.25) is 0 Å². The summed E-state index contributed by atoms with van der Waals surface area (Å²) in [7, 11) is -3.39. The minimum absolute atomic E-state index is 0.00849. The Morgan fingerprint density at radius 3 is 2.62 bits per heavy atom. The standard InChI is InChI=1S/C20H28N2O3S/c23-20(21-19-12-16-8-9-17(19)11-16)18-7-4-10-22(13-18)26(24,25)14-15-5-2-1-3-6-15/h1-3,5-6,16-19H,4,7-14H2,(H,21,23)/t16-,17+,18+,19-/m0/s1. The molecule has 4 atom stereocenters. The summed E-state index contributed by atoms with van der Waals surface area (Å²) >= 11 is 0. The van der Waals surface area contributed by atoms with E-state index in [-0.39, 0.29) is 17.6 Å². The maximum atomic E-state index is 12.8. The Bertz CT molecular complexity index is 750. The highest BCUT2D eigenvalue weighted by Gasteiger charge is 2.41. The fourth-order valence-corrected chi connectivity index (χ4v) is 6.62. The van der Waals surface area contributed by atoms with Gasteiger partial charge in [-0.2, -0.15) is 0 Å². The van der Waals surface area contributed by atoms with Gasteiger partial charge in [0.15, 0.2) is 0 Å². The predicted molar refractivity (Wildman–Crippen MR) is 101 cm³/mol. The van der Waals surface area contributed by atoms with E-state index in [9.17, 15) is 13.2 Å². The molecule has 0 radical (unpaired) electrons. The van der Waals surface area contributed by atoms with Crippen LogP contribution in [0.3, 0.4) is 0 Å². The molecule has 5 nitrogen and oxygen atoms in total. The highest BCUT2D eigenvalue weighted by molar-refractivity contribution is 7.88. The van der Waals surface area contributed by atoms with Gasteiger partial charge in [-0.3, -0.25) is 4.79 Å². The number of sulfonamides is 1. The van der Waals surface area contributed by atoms with Crippen LogP contribution in [-0.4, -0.2) is 37.8 Å². The Morgan fingerprint density at radius 1 is 1.12 bits per heavy atom. The Labute approximate surface area is 156 Å². The van der Waals surface area contributed by atoms with Crippen molar-refractivity contribution < 1.29 is 13.2 Å². The normalized spacial score (nSPS) is 31.8. The van der Waals surface area contributed by atoms with Gasteiger partial charge in [0, 0.05) is 19.1 Å². The third kappa shape index (κ3) is 3.81. The summed E-state index contributed by atoms with van der Waals surface area (Å²) in [6, 6.07) is 9.58. The molecule has 2 saturated carbocycles. The molecule has 6 heteroatoms. The van der Waals surface area contributed by atoms with E-state index in [1.165, 1.54) is 23.6 Å². The van der Waals surface area contributed by atoms with Crippen LogP contribution in [0.4, 0.5) is 0 Å². The smallest absolute Gasteiger partial charge is 0.224 e. The lowest BCUT2D eigenvalue weighted by molar-refractivity contribution is -0.127. The number of nitrogens with zero attached hydrogens (tertiary/aromatic N) is 1. The molecule has 1 amide bonds. The van der Waals surface area contributed by atoms with E-state index >= 15 is 0 Å². The first-order chi connectivity index (χ1) is 12.5. The van der Waals surface area contributed by atoms with Crippen LogP contribution in [0.5, 0.6) is 0 Å². The Kier molecular flexibility index (Phi) is 5.06. The monoisotopic (exact) mass is 376 g/mol. The van der Waals surface area contributed by atoms with Crippen LogP contribution in [0.25, 0.3) is 0 Å². The second-order valence-electron chi connectivity index (χ2n) is 8.23. The average Bonchev–Trinajstić information content (AvgIpc) is 3.25. The van der Waals surface area contributed by atoms with Crippen molar-refractivity contribution in [2.75, 3.05) is 13.1 Å². The van der Waals surface area contributed by atoms with Crippen molar-refractivity contribution in [2.24, 2.45) is 17.8 Å². The molecule has 1 N–H and O–H groups in total. The third-order valence-corrected chi connectivity index (χ3v) is 8.22. The second kappa shape index (κ2) is 7.31. The molecule has 1 aromatic rings. The SMILES string of the molecule is O=C(N[C@H]1C[C@H]2CC[C@@H]1C2)[C@@H]1CCCN(S(=O)(=O)Cc2ccccc2)C1. The summed E-state index contributed by atoms with van der Waals surface area (Å²) in [6.45, 7) is 0.842. The highest BCUT2D eigenvalue weighted by Crippen LogP contribution is 2.44. The first-order valence-corrected chi connectivity index (χ1v) is 11.4. The molecule has 0 aromatic heterocycles. The molecule has 1 saturated heterocycles. The summed E-state index contributed by atoms with van der Waals surface area (Å²) in [6.07, 6.45) is 6.45. The number of carbonyl (C=O) groups excluding carboxylic acids is 1. The number of carbonyl (C=O) groups is 1. The van der Waals surface area contributed by atoms with Gasteiger partial charge in [-0.25, -0.2) is 12.7 Å². The number of hydrogen-bond acceptors (Lipinski definition) is 3. The molecule has 0 unspecified atom stereocenters. The molecule has 2 bridgehead atoms. The molecular formula is C20H28N2O3S. The molecule has 0 spiro atoms. The summed E-state index contributed by atoms with van der Waals surface area (Å²) < 4.78 is 27.1. The van der Waals surface area contributed by atoms with Gasteiger partial charge in [0.2, 0.25) is 15.9 Å². The van der Waals surface area contributed by atoms with Crippen molar-refractivity contribution in [2.45, 2.75) is 50.3 Å². The van der Waals surface area contributed by atoms with Crippen molar-refractivity contribution in [3.05, 3.63) is 35.9 Å². The molecule has 3 fully saturated rings. The van der Waals surface area contributed by atoms with E-state index in [2.05, 4.69) is 5.32 Å². The van der Waals surface area contributed by atoms with E-state index in [4.69, 9.17) is 0 Å². The van der Waals surface area contributed by atoms with Crippen molar-refractivity contribution in [3.63, 3.8) is 0 Å². The zero-order valence-corrected chi connectivity index (χ0v) is 16.0. The summed E-state index contributed by atoms with van der Waals surface area (Å²) in [5.74, 6) is 1.29. The summed E-state index contributed by atoms with van der Waals surface area (Å²) in [5.41, 5.74) is 0.793. The molecule has 1 heterocycles. The number of piperidine rings is 1. The minimum Gasteiger partial charge on any atom is -0.353 e. The number of amides is 1. The predicted octanol–water partition coefficient (Wildman–Crippen LogP) is 2.53. The molecule has 1 aromatic carbocycles. The lowest BCUT2D eigenvalue weighted by Crippen LogP contribution is -2.48. The first-order valence-electron chi connectivity index (χ1n) is 9.83. The van der Waals surface area contributed by atoms with E-state index in [0.29, 0.717) is 25.0 Å². The fraction of sp³-hybridized carbons (Fsp3) is 0.650. The van der Waals surface area contributed by atoms with Crippen molar-refractivity contribution in [1.82, 2.24) is 9.62 Å². The van der Waals surface area contributed by atoms with Crippen LogP contribution in [0, 0.1) is 17.8 Å². The van der Waals surface area contributed by atoms with Gasteiger partial charge in [0.05, 0.1) is 11.7 Å². The maximum Gasteiger partial charge on any atom is 0.224 e. The first kappa shape index (κ1) is 18.0. The Morgan fingerprint density at radius 2 is 1.92 bits per heavy atom.